The zero-order valence-electron chi connectivity index (χ0n) is 9.82. The number of piperidine rings is 1. The summed E-state index contributed by atoms with van der Waals surface area (Å²) in [5.74, 6) is -0.217. The van der Waals surface area contributed by atoms with Crippen LogP contribution in [0.1, 0.15) is 31.2 Å². The van der Waals surface area contributed by atoms with Gasteiger partial charge in [-0.3, -0.25) is 0 Å². The highest BCUT2D eigenvalue weighted by Crippen LogP contribution is 2.35. The van der Waals surface area contributed by atoms with Crippen LogP contribution in [-0.4, -0.2) is 22.8 Å². The summed E-state index contributed by atoms with van der Waals surface area (Å²) >= 11 is 0. The van der Waals surface area contributed by atoms with E-state index >= 15 is 0 Å². The van der Waals surface area contributed by atoms with Crippen molar-refractivity contribution in [2.45, 2.75) is 49.8 Å². The molecule has 0 aromatic heterocycles. The van der Waals surface area contributed by atoms with Crippen LogP contribution < -0.4 is 5.32 Å². The number of hydrogen-bond donors (Lipinski definition) is 2. The molecule has 0 amide bonds. The van der Waals surface area contributed by atoms with Crippen LogP contribution in [0.25, 0.3) is 0 Å². The second-order valence-electron chi connectivity index (χ2n) is 5.57. The van der Waals surface area contributed by atoms with E-state index in [1.807, 2.05) is 0 Å². The van der Waals surface area contributed by atoms with Gasteiger partial charge in [-0.05, 0) is 43.4 Å². The van der Waals surface area contributed by atoms with E-state index in [4.69, 9.17) is 0 Å². The number of benzene rings is 1. The van der Waals surface area contributed by atoms with Crippen LogP contribution in [0.5, 0.6) is 0 Å². The van der Waals surface area contributed by atoms with Gasteiger partial charge < -0.3 is 10.4 Å². The summed E-state index contributed by atoms with van der Waals surface area (Å²) in [6.45, 7) is 0. The van der Waals surface area contributed by atoms with Crippen molar-refractivity contribution in [3.05, 3.63) is 35.6 Å². The fourth-order valence-electron chi connectivity index (χ4n) is 3.35. The van der Waals surface area contributed by atoms with E-state index < -0.39 is 5.60 Å². The van der Waals surface area contributed by atoms with Gasteiger partial charge in [0.2, 0.25) is 0 Å². The Kier molecular flexibility index (Phi) is 2.68. The predicted molar refractivity (Wildman–Crippen MR) is 64.2 cm³/mol. The van der Waals surface area contributed by atoms with Crippen LogP contribution in [0, 0.1) is 5.82 Å². The average Bonchev–Trinajstić information content (AvgIpc) is 2.62. The van der Waals surface area contributed by atoms with Crippen LogP contribution >= 0.6 is 0 Å². The molecular weight excluding hydrogens is 217 g/mol. The highest BCUT2D eigenvalue weighted by Gasteiger charge is 2.42. The van der Waals surface area contributed by atoms with Crippen LogP contribution in [0.4, 0.5) is 4.39 Å². The van der Waals surface area contributed by atoms with Crippen LogP contribution in [0.15, 0.2) is 24.3 Å². The molecule has 3 rings (SSSR count). The molecule has 17 heavy (non-hydrogen) atoms. The summed E-state index contributed by atoms with van der Waals surface area (Å²) in [5.41, 5.74) is 0.421. The van der Waals surface area contributed by atoms with E-state index in [0.29, 0.717) is 18.5 Å². The van der Waals surface area contributed by atoms with Gasteiger partial charge in [0.15, 0.2) is 0 Å². The lowest BCUT2D eigenvalue weighted by molar-refractivity contribution is -0.00609. The molecular formula is C14H18FNO. The molecule has 0 saturated carbocycles. The third-order valence-corrected chi connectivity index (χ3v) is 4.03. The van der Waals surface area contributed by atoms with E-state index in [-0.39, 0.29) is 5.82 Å². The van der Waals surface area contributed by atoms with Gasteiger partial charge in [-0.2, -0.15) is 0 Å². The van der Waals surface area contributed by atoms with Gasteiger partial charge in [-0.15, -0.1) is 0 Å². The Hall–Kier alpha value is -0.930. The van der Waals surface area contributed by atoms with Crippen molar-refractivity contribution in [1.82, 2.24) is 5.32 Å². The first-order valence-electron chi connectivity index (χ1n) is 6.36. The number of nitrogens with one attached hydrogen (secondary N) is 1. The molecule has 1 unspecified atom stereocenters. The van der Waals surface area contributed by atoms with Crippen molar-refractivity contribution in [3.8, 4) is 0 Å². The molecule has 92 valence electrons. The molecule has 2 heterocycles. The van der Waals surface area contributed by atoms with Crippen molar-refractivity contribution in [2.75, 3.05) is 0 Å². The molecule has 0 spiro atoms. The van der Waals surface area contributed by atoms with E-state index in [1.165, 1.54) is 25.0 Å². The summed E-state index contributed by atoms with van der Waals surface area (Å²) in [6.07, 6.45) is 4.64. The number of rotatable bonds is 2. The minimum absolute atomic E-state index is 0.217. The van der Waals surface area contributed by atoms with Crippen LogP contribution in [0.3, 0.4) is 0 Å². The lowest BCUT2D eigenvalue weighted by Crippen LogP contribution is -2.49. The molecule has 2 aliphatic rings. The minimum Gasteiger partial charge on any atom is -0.389 e. The van der Waals surface area contributed by atoms with Gasteiger partial charge in [0.05, 0.1) is 5.60 Å². The van der Waals surface area contributed by atoms with E-state index in [2.05, 4.69) is 5.32 Å². The molecule has 2 fully saturated rings. The fraction of sp³-hybridized carbons (Fsp3) is 0.571. The quantitative estimate of drug-likeness (QED) is 0.822. The number of halogens is 1. The highest BCUT2D eigenvalue weighted by atomic mass is 19.1. The zero-order valence-corrected chi connectivity index (χ0v) is 9.82. The molecule has 3 heteroatoms. The Balaban J connectivity index is 1.73. The maximum atomic E-state index is 12.8. The molecule has 0 aliphatic carbocycles. The van der Waals surface area contributed by atoms with E-state index in [9.17, 15) is 9.50 Å². The lowest BCUT2D eigenvalue weighted by atomic mass is 9.82. The number of aliphatic hydroxyl groups is 1. The molecule has 1 aromatic carbocycles. The summed E-state index contributed by atoms with van der Waals surface area (Å²) < 4.78 is 12.8. The van der Waals surface area contributed by atoms with Gasteiger partial charge in [-0.25, -0.2) is 4.39 Å². The normalized spacial score (nSPS) is 36.1. The van der Waals surface area contributed by atoms with Gasteiger partial charge in [0, 0.05) is 18.5 Å². The summed E-state index contributed by atoms with van der Waals surface area (Å²) in [6, 6.07) is 7.43. The first-order valence-corrected chi connectivity index (χ1v) is 6.36. The number of hydrogen-bond acceptors (Lipinski definition) is 2. The number of fused-ring (bicyclic) bond motifs is 2. The topological polar surface area (TPSA) is 32.3 Å². The van der Waals surface area contributed by atoms with Crippen molar-refractivity contribution < 1.29 is 9.50 Å². The molecule has 2 aliphatic heterocycles. The highest BCUT2D eigenvalue weighted by molar-refractivity contribution is 5.19. The van der Waals surface area contributed by atoms with Crippen molar-refractivity contribution >= 4 is 0 Å². The van der Waals surface area contributed by atoms with Crippen molar-refractivity contribution in [2.24, 2.45) is 0 Å². The third kappa shape index (κ3) is 2.35. The summed E-state index contributed by atoms with van der Waals surface area (Å²) in [4.78, 5) is 0. The van der Waals surface area contributed by atoms with E-state index in [0.717, 1.165) is 18.4 Å². The maximum Gasteiger partial charge on any atom is 0.123 e. The third-order valence-electron chi connectivity index (χ3n) is 4.03. The molecule has 2 N–H and O–H groups in total. The summed E-state index contributed by atoms with van der Waals surface area (Å²) in [5, 5.41) is 14.2. The Morgan fingerprint density at radius 1 is 1.18 bits per heavy atom. The second-order valence-corrected chi connectivity index (χ2v) is 5.57. The monoisotopic (exact) mass is 235 g/mol. The molecule has 2 bridgehead atoms. The first-order chi connectivity index (χ1) is 8.13. The van der Waals surface area contributed by atoms with Gasteiger partial charge >= 0.3 is 0 Å². The van der Waals surface area contributed by atoms with Gasteiger partial charge in [0.1, 0.15) is 5.82 Å². The summed E-state index contributed by atoms with van der Waals surface area (Å²) in [7, 11) is 0. The molecule has 2 saturated heterocycles. The Labute approximate surface area is 101 Å². The fourth-order valence-corrected chi connectivity index (χ4v) is 3.35. The molecule has 0 radical (unpaired) electrons. The Bertz CT molecular complexity index is 391. The van der Waals surface area contributed by atoms with Crippen LogP contribution in [-0.2, 0) is 6.42 Å². The zero-order chi connectivity index (χ0) is 11.9. The van der Waals surface area contributed by atoms with E-state index in [1.54, 1.807) is 12.1 Å². The van der Waals surface area contributed by atoms with Gasteiger partial charge in [-0.1, -0.05) is 12.1 Å². The lowest BCUT2D eigenvalue weighted by Gasteiger charge is -2.37. The van der Waals surface area contributed by atoms with Crippen molar-refractivity contribution in [1.29, 1.82) is 0 Å². The Morgan fingerprint density at radius 2 is 1.76 bits per heavy atom. The van der Waals surface area contributed by atoms with Crippen LogP contribution in [0.2, 0.25) is 0 Å². The SMILES string of the molecule is OC1(Cc2ccc(F)cc2)C[C@H]2CC[C@@H](C1)N2. The minimum atomic E-state index is -0.602. The second kappa shape index (κ2) is 4.07. The molecule has 1 aromatic rings. The smallest absolute Gasteiger partial charge is 0.123 e. The largest absolute Gasteiger partial charge is 0.389 e. The first kappa shape index (κ1) is 11.2. The molecule has 3 atom stereocenters. The van der Waals surface area contributed by atoms with Crippen molar-refractivity contribution in [3.63, 3.8) is 0 Å². The average molecular weight is 235 g/mol. The predicted octanol–water partition coefficient (Wildman–Crippen LogP) is 2.01. The van der Waals surface area contributed by atoms with Gasteiger partial charge in [0.25, 0.3) is 0 Å². The maximum absolute atomic E-state index is 12.8. The molecule has 2 nitrogen and oxygen atoms in total. The Morgan fingerprint density at radius 3 is 2.35 bits per heavy atom. The standard InChI is InChI=1S/C14H18FNO/c15-11-3-1-10(2-4-11)7-14(17)8-12-5-6-13(9-14)16-12/h1-4,12-13,16-17H,5-9H2/t12-,13+,14?.